The van der Waals surface area contributed by atoms with Crippen LogP contribution >= 0.6 is 23.4 Å². The highest BCUT2D eigenvalue weighted by molar-refractivity contribution is 7.98. The summed E-state index contributed by atoms with van der Waals surface area (Å²) in [5.41, 5.74) is 8.45. The average molecular weight is 278 g/mol. The maximum atomic E-state index is 5.97. The molecule has 0 aliphatic heterocycles. The highest BCUT2D eigenvalue weighted by Gasteiger charge is 2.06. The molecule has 0 heterocycles. The Labute approximate surface area is 117 Å². The highest BCUT2D eigenvalue weighted by Crippen LogP contribution is 2.29. The molecule has 1 nitrogen and oxygen atoms in total. The molecule has 0 radical (unpaired) electrons. The summed E-state index contributed by atoms with van der Waals surface area (Å²) in [5.74, 6) is 0.931. The summed E-state index contributed by atoms with van der Waals surface area (Å²) < 4.78 is 0. The zero-order valence-corrected chi connectivity index (χ0v) is 11.8. The number of halogens is 1. The van der Waals surface area contributed by atoms with Crippen LogP contribution in [0.15, 0.2) is 53.4 Å². The molecule has 1 atom stereocenters. The second-order valence-electron chi connectivity index (χ2n) is 4.24. The lowest BCUT2D eigenvalue weighted by Crippen LogP contribution is -2.06. The summed E-state index contributed by atoms with van der Waals surface area (Å²) in [6, 6.07) is 16.3. The van der Waals surface area contributed by atoms with Gasteiger partial charge >= 0.3 is 0 Å². The smallest absolute Gasteiger partial charge is 0.0406 e. The molecular weight excluding hydrogens is 262 g/mol. The van der Waals surface area contributed by atoms with Gasteiger partial charge < -0.3 is 5.73 Å². The molecule has 3 heteroatoms. The molecule has 94 valence electrons. The Morgan fingerprint density at radius 3 is 2.44 bits per heavy atom. The zero-order chi connectivity index (χ0) is 13.0. The summed E-state index contributed by atoms with van der Waals surface area (Å²) in [6.07, 6.45) is 0. The second kappa shape index (κ2) is 6.28. The molecule has 2 aromatic rings. The van der Waals surface area contributed by atoms with Gasteiger partial charge in [0.1, 0.15) is 0 Å². The Kier molecular flexibility index (Phi) is 4.70. The van der Waals surface area contributed by atoms with Crippen LogP contribution in [0.3, 0.4) is 0 Å². The van der Waals surface area contributed by atoms with E-state index in [0.29, 0.717) is 0 Å². The first kappa shape index (κ1) is 13.5. The molecule has 0 spiro atoms. The molecule has 0 fully saturated rings. The van der Waals surface area contributed by atoms with Crippen LogP contribution in [-0.2, 0) is 5.75 Å². The summed E-state index contributed by atoms with van der Waals surface area (Å²) in [6.45, 7) is 2.02. The molecule has 2 N–H and O–H groups in total. The van der Waals surface area contributed by atoms with E-state index in [1.54, 1.807) is 0 Å². The van der Waals surface area contributed by atoms with Crippen molar-refractivity contribution in [2.75, 3.05) is 0 Å². The van der Waals surface area contributed by atoms with Crippen LogP contribution in [0.1, 0.15) is 24.1 Å². The third-order valence-electron chi connectivity index (χ3n) is 2.72. The molecule has 2 rings (SSSR count). The summed E-state index contributed by atoms with van der Waals surface area (Å²) in [7, 11) is 0. The van der Waals surface area contributed by atoms with Crippen molar-refractivity contribution in [3.05, 3.63) is 64.7 Å². The van der Waals surface area contributed by atoms with E-state index >= 15 is 0 Å². The number of hydrogen-bond acceptors (Lipinski definition) is 2. The lowest BCUT2D eigenvalue weighted by molar-refractivity contribution is 0.797. The fourth-order valence-electron chi connectivity index (χ4n) is 1.73. The molecule has 0 bridgehead atoms. The lowest BCUT2D eigenvalue weighted by Gasteiger charge is -2.12. The summed E-state index contributed by atoms with van der Waals surface area (Å²) in [5, 5.41) is 0.778. The average Bonchev–Trinajstić information content (AvgIpc) is 2.38. The van der Waals surface area contributed by atoms with Crippen molar-refractivity contribution in [1.82, 2.24) is 0 Å². The van der Waals surface area contributed by atoms with E-state index in [1.807, 2.05) is 36.9 Å². The first-order chi connectivity index (χ1) is 8.66. The number of rotatable bonds is 4. The molecule has 18 heavy (non-hydrogen) atoms. The maximum Gasteiger partial charge on any atom is 0.0406 e. The minimum Gasteiger partial charge on any atom is -0.324 e. The normalized spacial score (nSPS) is 12.4. The predicted octanol–water partition coefficient (Wildman–Crippen LogP) is 4.65. The van der Waals surface area contributed by atoms with E-state index < -0.39 is 0 Å². The van der Waals surface area contributed by atoms with Crippen molar-refractivity contribution >= 4 is 23.4 Å². The Morgan fingerprint density at radius 1 is 1.11 bits per heavy atom. The minimum atomic E-state index is 0.0684. The van der Waals surface area contributed by atoms with Gasteiger partial charge in [-0.25, -0.2) is 0 Å². The minimum absolute atomic E-state index is 0.0684. The van der Waals surface area contributed by atoms with Crippen LogP contribution in [0.5, 0.6) is 0 Å². The molecule has 0 amide bonds. The van der Waals surface area contributed by atoms with Crippen LogP contribution in [0.25, 0.3) is 0 Å². The molecule has 2 aromatic carbocycles. The summed E-state index contributed by atoms with van der Waals surface area (Å²) in [4.78, 5) is 1.25. The van der Waals surface area contributed by atoms with Gasteiger partial charge in [0.25, 0.3) is 0 Å². The Balaban J connectivity index is 2.08. The fourth-order valence-corrected chi connectivity index (χ4v) is 2.97. The molecule has 0 saturated heterocycles. The summed E-state index contributed by atoms with van der Waals surface area (Å²) >= 11 is 7.68. The van der Waals surface area contributed by atoms with E-state index in [2.05, 4.69) is 30.3 Å². The van der Waals surface area contributed by atoms with Gasteiger partial charge in [0.05, 0.1) is 0 Å². The van der Waals surface area contributed by atoms with Gasteiger partial charge in [-0.3, -0.25) is 0 Å². The Hall–Kier alpha value is -0.960. The number of benzene rings is 2. The topological polar surface area (TPSA) is 26.0 Å². The molecule has 0 unspecified atom stereocenters. The third-order valence-corrected chi connectivity index (χ3v) is 4.13. The van der Waals surface area contributed by atoms with Crippen LogP contribution in [0.4, 0.5) is 0 Å². The van der Waals surface area contributed by atoms with Crippen LogP contribution in [0.2, 0.25) is 5.02 Å². The molecule has 0 aromatic heterocycles. The first-order valence-electron chi connectivity index (χ1n) is 5.88. The van der Waals surface area contributed by atoms with Crippen molar-refractivity contribution in [3.8, 4) is 0 Å². The van der Waals surface area contributed by atoms with E-state index in [-0.39, 0.29) is 6.04 Å². The molecule has 0 saturated carbocycles. The lowest BCUT2D eigenvalue weighted by atomic mass is 10.1. The van der Waals surface area contributed by atoms with Crippen LogP contribution in [0, 0.1) is 0 Å². The van der Waals surface area contributed by atoms with Crippen molar-refractivity contribution in [3.63, 3.8) is 0 Å². The SMILES string of the molecule is C[C@@H](N)c1ccccc1SCc1ccc(Cl)cc1. The van der Waals surface area contributed by atoms with Crippen molar-refractivity contribution < 1.29 is 0 Å². The number of thioether (sulfide) groups is 1. The zero-order valence-electron chi connectivity index (χ0n) is 10.3. The van der Waals surface area contributed by atoms with E-state index in [9.17, 15) is 0 Å². The largest absolute Gasteiger partial charge is 0.324 e. The third kappa shape index (κ3) is 3.52. The van der Waals surface area contributed by atoms with Gasteiger partial charge in [-0.15, -0.1) is 11.8 Å². The van der Waals surface area contributed by atoms with Crippen molar-refractivity contribution in [2.45, 2.75) is 23.6 Å². The quantitative estimate of drug-likeness (QED) is 0.823. The molecular formula is C15H16ClNS. The number of hydrogen-bond donors (Lipinski definition) is 1. The Morgan fingerprint density at radius 2 is 1.78 bits per heavy atom. The van der Waals surface area contributed by atoms with Crippen molar-refractivity contribution in [2.24, 2.45) is 5.73 Å². The van der Waals surface area contributed by atoms with E-state index in [1.165, 1.54) is 16.0 Å². The van der Waals surface area contributed by atoms with Gasteiger partial charge in [-0.05, 0) is 36.2 Å². The highest BCUT2D eigenvalue weighted by atomic mass is 35.5. The molecule has 0 aliphatic rings. The van der Waals surface area contributed by atoms with Gasteiger partial charge in [-0.2, -0.15) is 0 Å². The van der Waals surface area contributed by atoms with E-state index in [4.69, 9.17) is 17.3 Å². The van der Waals surface area contributed by atoms with Crippen LogP contribution in [-0.4, -0.2) is 0 Å². The Bertz CT molecular complexity index is 508. The van der Waals surface area contributed by atoms with E-state index in [0.717, 1.165) is 10.8 Å². The second-order valence-corrected chi connectivity index (χ2v) is 5.70. The van der Waals surface area contributed by atoms with Gasteiger partial charge in [0.15, 0.2) is 0 Å². The van der Waals surface area contributed by atoms with Gasteiger partial charge in [0, 0.05) is 21.7 Å². The first-order valence-corrected chi connectivity index (χ1v) is 7.25. The maximum absolute atomic E-state index is 5.97. The number of nitrogens with two attached hydrogens (primary N) is 1. The van der Waals surface area contributed by atoms with Gasteiger partial charge in [-0.1, -0.05) is 41.9 Å². The van der Waals surface area contributed by atoms with Gasteiger partial charge in [0.2, 0.25) is 0 Å². The molecule has 0 aliphatic carbocycles. The van der Waals surface area contributed by atoms with Crippen molar-refractivity contribution in [1.29, 1.82) is 0 Å². The standard InChI is InChI=1S/C15H16ClNS/c1-11(17)14-4-2-3-5-15(14)18-10-12-6-8-13(16)9-7-12/h2-9,11H,10,17H2,1H3/t11-/m1/s1. The predicted molar refractivity (Wildman–Crippen MR) is 80.1 cm³/mol. The fraction of sp³-hybridized carbons (Fsp3) is 0.200. The monoisotopic (exact) mass is 277 g/mol. The van der Waals surface area contributed by atoms with Crippen LogP contribution < -0.4 is 5.73 Å².